The van der Waals surface area contributed by atoms with Crippen LogP contribution in [-0.2, 0) is 44.8 Å². The lowest BCUT2D eigenvalue weighted by Crippen LogP contribution is -2.69. The van der Waals surface area contributed by atoms with Gasteiger partial charge in [-0.1, -0.05) is 82.5 Å². The number of ketones is 6. The Bertz CT molecular complexity index is 4150. The minimum atomic E-state index is -2.27. The molecule has 1 amide bonds. The number of hydrogen-bond acceptors (Lipinski definition) is 15. The largest absolute Gasteiger partial charge is 0.423 e. The number of allylic oxidation sites excluding steroid dienone is 12. The molecular weight excluding hydrogens is 1480 g/mol. The molecule has 27 atom stereocenters. The van der Waals surface area contributed by atoms with Gasteiger partial charge in [-0.2, -0.15) is 0 Å². The van der Waals surface area contributed by atoms with Crippen LogP contribution in [0.15, 0.2) is 127 Å². The zero-order chi connectivity index (χ0) is 78.6. The Hall–Kier alpha value is -6.35. The van der Waals surface area contributed by atoms with Crippen molar-refractivity contribution in [3.63, 3.8) is 0 Å². The Morgan fingerprint density at radius 2 is 0.908 bits per heavy atom. The molecule has 0 unspecified atom stereocenters. The Labute approximate surface area is 638 Å². The van der Waals surface area contributed by atoms with Crippen LogP contribution in [0.2, 0.25) is 0 Å². The maximum atomic E-state index is 17.4. The molecule has 3 aliphatic heterocycles. The number of likely N-dealkylation sites (tertiary alicyclic amines) is 2. The van der Waals surface area contributed by atoms with Gasteiger partial charge in [-0.3, -0.25) is 33.7 Å². The van der Waals surface area contributed by atoms with Gasteiger partial charge in [0.1, 0.15) is 38.5 Å². The molecule has 3 heterocycles. The number of aliphatic hydroxyl groups is 3. The van der Waals surface area contributed by atoms with Crippen LogP contribution in [0.1, 0.15) is 105 Å². The fraction of sp³-hybridized carbons (Fsp3) is 0.634. The molecule has 1 aromatic carbocycles. The number of hydrogen-bond donors (Lipinski definition) is 4. The summed E-state index contributed by atoms with van der Waals surface area (Å²) in [5.41, 5.74) is -16.8. The summed E-state index contributed by atoms with van der Waals surface area (Å²) in [5, 5.41) is 37.4. The lowest BCUT2D eigenvalue weighted by Gasteiger charge is -2.63. The van der Waals surface area contributed by atoms with E-state index < -0.39 is 187 Å². The van der Waals surface area contributed by atoms with Crippen LogP contribution in [0.25, 0.3) is 0 Å². The Morgan fingerprint density at radius 3 is 1.28 bits per heavy atom. The number of nitrogens with one attached hydrogen (secondary N) is 1. The molecule has 0 aromatic heterocycles. The van der Waals surface area contributed by atoms with Crippen molar-refractivity contribution >= 4 is 70.2 Å². The van der Waals surface area contributed by atoms with Gasteiger partial charge in [0.15, 0.2) is 51.7 Å². The molecule has 12 aliphatic carbocycles. The fourth-order valence-corrected chi connectivity index (χ4v) is 26.6. The number of aliphatic hydroxyl groups excluding tert-OH is 3. The van der Waals surface area contributed by atoms with E-state index in [1.807, 2.05) is 44.2 Å². The average molecular weight is 1570 g/mol. The maximum Gasteiger partial charge on any atom is 0.414 e. The molecule has 15 aliphatic rings. The van der Waals surface area contributed by atoms with Gasteiger partial charge < -0.3 is 35.0 Å². The van der Waals surface area contributed by atoms with Crippen molar-refractivity contribution in [3.05, 3.63) is 133 Å². The highest BCUT2D eigenvalue weighted by Gasteiger charge is 2.82. The minimum Gasteiger partial charge on any atom is -0.423 e. The monoisotopic (exact) mass is 1570 g/mol. The standard InChI is InChI=1S/C30H34F3NO3.C26H30F3NO5.C23H28F3NO3.C3H3ClO2.ClH/c1-27-9-8-20(35)11-23(27)24(32)12-22-21-10-19-16-34(15-18-6-4-3-5-7-18)17-29(19,26(37)14-31)28(21,2)13-25(36)30(22,27)33;1-4-35-22(34)30-12-14-7-16-17-9-19(28)18-8-15(31)5-6-23(18,2)26(17,29)20(32)10-24(16,3)25(14,13-30)21(33)11-27;1-20-4-3-13(28)6-16(20)17(25)7-15-14-5-12-10-27-11-22(12,19(30)9-24)21(14,2)8-18(29)23(15,20)26;1-2-6-3(4)5;/h3-9,11,19,21-22,24-25,36H,10,12-17H2,1-2H3;4-6,8,14,16-17,19-20,32H,1,7,9-13H2,2-3H3;3-4,6,12,14-15,17-18,27,29H,5,7-11H2,1-2H3;2H,1H2;1H/t19-,21-,22-,24-,25-,27-,28-,29+,30-;14-,16-,17-,19-,20-,23-,24-,25+,26-;12-,14-,15-,17-,18-,20-,21-,22+,23-;;/m000../s1. The third kappa shape index (κ3) is 11.1. The van der Waals surface area contributed by atoms with Crippen molar-refractivity contribution in [1.82, 2.24) is 15.1 Å². The van der Waals surface area contributed by atoms with E-state index in [0.717, 1.165) is 24.2 Å². The van der Waals surface area contributed by atoms with Crippen LogP contribution in [0.3, 0.4) is 0 Å². The first-order chi connectivity index (χ1) is 50.7. The summed E-state index contributed by atoms with van der Waals surface area (Å²) < 4.78 is 149. The van der Waals surface area contributed by atoms with Gasteiger partial charge in [0.05, 0.1) is 47.1 Å². The first kappa shape index (κ1) is 82.1. The summed E-state index contributed by atoms with van der Waals surface area (Å²) in [6, 6.07) is 9.88. The number of alkyl halides is 9. The normalized spacial score (nSPS) is 46.4. The molecule has 27 heteroatoms. The number of rotatable bonds is 10. The number of carbonyl (C=O) groups excluding carboxylic acids is 8. The third-order valence-corrected chi connectivity index (χ3v) is 31.3. The average Bonchev–Trinajstić information content (AvgIpc) is 1.48. The summed E-state index contributed by atoms with van der Waals surface area (Å²) in [6.45, 7) is 15.5. The van der Waals surface area contributed by atoms with Crippen molar-refractivity contribution in [2.45, 2.75) is 160 Å². The Balaban J connectivity index is 0.000000147. The highest BCUT2D eigenvalue weighted by atomic mass is 35.5. The van der Waals surface area contributed by atoms with Gasteiger partial charge in [-0.05, 0) is 196 Å². The summed E-state index contributed by atoms with van der Waals surface area (Å²) in [4.78, 5) is 101. The number of nitrogens with zero attached hydrogens (tertiary/aromatic N) is 2. The van der Waals surface area contributed by atoms with Gasteiger partial charge in [-0.15, -0.1) is 12.4 Å². The van der Waals surface area contributed by atoms with Crippen LogP contribution in [0.5, 0.6) is 0 Å². The summed E-state index contributed by atoms with van der Waals surface area (Å²) in [6.07, 6.45) is 4.08. The van der Waals surface area contributed by atoms with E-state index in [-0.39, 0.29) is 122 Å². The van der Waals surface area contributed by atoms with Crippen LogP contribution in [0, 0.1) is 102 Å². The summed E-state index contributed by atoms with van der Waals surface area (Å²) >= 11 is 4.65. The second-order valence-corrected chi connectivity index (χ2v) is 35.0. The quantitative estimate of drug-likeness (QED) is 0.0969. The molecule has 0 bridgehead atoms. The van der Waals surface area contributed by atoms with E-state index in [1.165, 1.54) is 60.4 Å². The lowest BCUT2D eigenvalue weighted by atomic mass is 9.43. The van der Waals surface area contributed by atoms with E-state index in [4.69, 9.17) is 4.74 Å². The predicted molar refractivity (Wildman–Crippen MR) is 385 cm³/mol. The topological polar surface area (TPSA) is 234 Å². The van der Waals surface area contributed by atoms with Gasteiger partial charge in [0, 0.05) is 84.9 Å². The van der Waals surface area contributed by atoms with Crippen molar-refractivity contribution < 1.29 is 103 Å². The van der Waals surface area contributed by atoms with E-state index in [0.29, 0.717) is 45.6 Å². The molecule has 16 nitrogen and oxygen atoms in total. The highest BCUT2D eigenvalue weighted by molar-refractivity contribution is 6.61. The Morgan fingerprint density at radius 1 is 0.541 bits per heavy atom. The molecular formula is C82H96Cl2F9N3O13. The molecule has 12 fully saturated rings. The number of Topliss-reactive ketones (excluding diaryl/α,β-unsaturated/α-hetero) is 3. The molecule has 1 aromatic rings. The third-order valence-electron chi connectivity index (χ3n) is 31.2. The number of benzene rings is 1. The first-order valence-corrected chi connectivity index (χ1v) is 37.8. The number of carbonyl (C=O) groups is 8. The summed E-state index contributed by atoms with van der Waals surface area (Å²) in [7, 11) is 0. The van der Waals surface area contributed by atoms with E-state index >= 15 is 26.3 Å². The number of halogens is 11. The molecule has 3 saturated heterocycles. The minimum absolute atomic E-state index is 0. The van der Waals surface area contributed by atoms with Crippen LogP contribution in [0.4, 0.5) is 49.1 Å². The van der Waals surface area contributed by atoms with Gasteiger partial charge in [0.2, 0.25) is 0 Å². The molecule has 0 spiro atoms. The smallest absolute Gasteiger partial charge is 0.414 e. The number of fused-ring (bicyclic) bond motifs is 21. The highest BCUT2D eigenvalue weighted by Crippen LogP contribution is 2.78. The lowest BCUT2D eigenvalue weighted by molar-refractivity contribution is -0.211. The van der Waals surface area contributed by atoms with Crippen molar-refractivity contribution in [1.29, 1.82) is 0 Å². The summed E-state index contributed by atoms with van der Waals surface area (Å²) in [5.74, 6) is -7.61. The fourth-order valence-electron chi connectivity index (χ4n) is 26.5. The number of amides is 1. The zero-order valence-corrected chi connectivity index (χ0v) is 63.3. The zero-order valence-electron chi connectivity index (χ0n) is 61.8. The molecule has 0 radical (unpaired) electrons. The van der Waals surface area contributed by atoms with E-state index in [1.54, 1.807) is 20.8 Å². The van der Waals surface area contributed by atoms with Crippen molar-refractivity contribution in [2.24, 2.45) is 102 Å². The van der Waals surface area contributed by atoms with Gasteiger partial charge in [0.25, 0.3) is 0 Å². The van der Waals surface area contributed by atoms with Crippen LogP contribution < -0.4 is 5.32 Å². The molecule has 594 valence electrons. The second-order valence-electron chi connectivity index (χ2n) is 34.7. The van der Waals surface area contributed by atoms with Gasteiger partial charge in [-0.25, -0.2) is 49.1 Å². The SMILES string of the molecule is C=COC(=O)Cl.C=COC(=O)N1C[C@@H]2C[C@H]3[C@@H]4C[C@H](F)C5=CC(=O)C=C[C@]5(C)[C@@]4(F)[C@@H](O)C[C@]3(C)[C@]2(C(=O)CF)C1.C[C@]12C=CC(=O)C=C1[C@@H](F)C[C@H]1[C@@H]3C[C@H]4CN(Cc5ccccc5)C[C@@]4(C(=O)CF)[C@@]3(C)C[C@H](O)[C@@]12F.C[C@]12C=CC(=O)C=C1[C@@H](F)C[C@H]1[C@@H]3C[C@H]4CNC[C@@]4(C(=O)CF)[C@@]3(C)C[C@H](O)[C@@]12F.Cl. The maximum absolute atomic E-state index is 17.4. The van der Waals surface area contributed by atoms with Crippen LogP contribution >= 0.6 is 24.0 Å². The first-order valence-electron chi connectivity index (χ1n) is 37.4. The molecule has 16 rings (SSSR count). The predicted octanol–water partition coefficient (Wildman–Crippen LogP) is 12.8. The molecule has 9 saturated carbocycles. The van der Waals surface area contributed by atoms with Crippen LogP contribution in [-0.4, -0.2) is 184 Å². The molecule has 4 N–H and O–H groups in total. The number of ether oxygens (including phenoxy) is 2. The van der Waals surface area contributed by atoms with E-state index in [9.17, 15) is 66.8 Å². The Kier molecular flexibility index (Phi) is 21.3. The van der Waals surface area contributed by atoms with Crippen molar-refractivity contribution in [3.8, 4) is 0 Å². The van der Waals surface area contributed by atoms with Crippen molar-refractivity contribution in [2.75, 3.05) is 59.3 Å². The second kappa shape index (κ2) is 28.3. The van der Waals surface area contributed by atoms with E-state index in [2.05, 4.69) is 39.7 Å². The van der Waals surface area contributed by atoms with Gasteiger partial charge >= 0.3 is 11.5 Å². The molecule has 109 heavy (non-hydrogen) atoms.